The third-order valence-electron chi connectivity index (χ3n) is 2.99. The number of hydrogen-bond acceptors (Lipinski definition) is 5. The number of nitrogens with one attached hydrogen (secondary N) is 2. The number of anilines is 1. The van der Waals surface area contributed by atoms with Crippen LogP contribution in [0.2, 0.25) is 10.2 Å². The number of nitrogens with zero attached hydrogens (tertiary/aromatic N) is 2. The molecule has 2 heterocycles. The molecule has 1 aliphatic heterocycles. The van der Waals surface area contributed by atoms with E-state index in [0.717, 1.165) is 35.2 Å². The van der Waals surface area contributed by atoms with Gasteiger partial charge in [-0.15, -0.1) is 0 Å². The molecule has 8 heteroatoms. The predicted molar refractivity (Wildman–Crippen MR) is 79.6 cm³/mol. The second kappa shape index (κ2) is 5.38. The average Bonchev–Trinajstić information content (AvgIpc) is 2.79. The van der Waals surface area contributed by atoms with Crippen molar-refractivity contribution in [2.75, 3.05) is 25.0 Å². The fourth-order valence-electron chi connectivity index (χ4n) is 2.06. The van der Waals surface area contributed by atoms with E-state index in [9.17, 15) is 0 Å². The number of aromatic nitrogens is 2. The third kappa shape index (κ3) is 2.39. The van der Waals surface area contributed by atoms with Gasteiger partial charge in [0.25, 0.3) is 0 Å². The molecule has 0 fully saturated rings. The first-order valence-corrected chi connectivity index (χ1v) is 7.25. The van der Waals surface area contributed by atoms with Crippen LogP contribution in [-0.4, -0.2) is 34.8 Å². The summed E-state index contributed by atoms with van der Waals surface area (Å²) in [7, 11) is 1.70. The van der Waals surface area contributed by atoms with Crippen LogP contribution in [0, 0.1) is 0 Å². The Kier molecular flexibility index (Phi) is 3.77. The maximum atomic E-state index is 6.27. The fourth-order valence-corrected chi connectivity index (χ4v) is 3.47. The molecule has 2 aromatic rings. The lowest BCUT2D eigenvalue weighted by molar-refractivity contribution is 0.181. The lowest BCUT2D eigenvalue weighted by atomic mass is 10.1. The molecule has 2 N–H and O–H groups in total. The Morgan fingerprint density at radius 3 is 3.16 bits per heavy atom. The van der Waals surface area contributed by atoms with Gasteiger partial charge in [-0.2, -0.15) is 5.10 Å². The van der Waals surface area contributed by atoms with E-state index in [1.54, 1.807) is 7.11 Å². The molecule has 0 bridgehead atoms. The van der Waals surface area contributed by atoms with Gasteiger partial charge >= 0.3 is 0 Å². The third-order valence-corrected chi connectivity index (χ3v) is 4.43. The summed E-state index contributed by atoms with van der Waals surface area (Å²) in [6.45, 7) is 2.31. The van der Waals surface area contributed by atoms with Crippen LogP contribution in [-0.2, 0) is 11.3 Å². The molecule has 5 nitrogen and oxygen atoms in total. The van der Waals surface area contributed by atoms with Crippen LogP contribution in [0.1, 0.15) is 5.56 Å². The molecule has 1 aromatic carbocycles. The fraction of sp³-hybridized carbons (Fsp3) is 0.364. The molecule has 3 rings (SSSR count). The molecular formula is C11H12Cl2N4OS. The first-order chi connectivity index (χ1) is 9.20. The van der Waals surface area contributed by atoms with Crippen molar-refractivity contribution < 1.29 is 4.74 Å². The van der Waals surface area contributed by atoms with E-state index in [4.69, 9.17) is 27.9 Å². The van der Waals surface area contributed by atoms with Gasteiger partial charge < -0.3 is 9.46 Å². The number of H-pyrrole nitrogens is 1. The van der Waals surface area contributed by atoms with Gasteiger partial charge in [0.15, 0.2) is 0 Å². The minimum absolute atomic E-state index is 0.469. The van der Waals surface area contributed by atoms with Gasteiger partial charge in [-0.05, 0) is 11.6 Å². The quantitative estimate of drug-likeness (QED) is 0.850. The number of hydrogen-bond donors (Lipinski definition) is 2. The van der Waals surface area contributed by atoms with E-state index in [2.05, 4.69) is 19.2 Å². The summed E-state index contributed by atoms with van der Waals surface area (Å²) < 4.78 is 10.5. The van der Waals surface area contributed by atoms with Crippen molar-refractivity contribution in [3.63, 3.8) is 0 Å². The second-order valence-electron chi connectivity index (χ2n) is 4.20. The minimum Gasteiger partial charge on any atom is -0.383 e. The van der Waals surface area contributed by atoms with E-state index in [0.29, 0.717) is 16.8 Å². The Morgan fingerprint density at radius 1 is 1.53 bits per heavy atom. The molecule has 102 valence electrons. The first kappa shape index (κ1) is 13.3. The highest BCUT2D eigenvalue weighted by Crippen LogP contribution is 2.40. The van der Waals surface area contributed by atoms with Crippen LogP contribution in [0.5, 0.6) is 0 Å². The molecular weight excluding hydrogens is 307 g/mol. The minimum atomic E-state index is 0.469. The molecule has 0 saturated heterocycles. The second-order valence-corrected chi connectivity index (χ2v) is 5.89. The molecule has 0 atom stereocenters. The van der Waals surface area contributed by atoms with Crippen molar-refractivity contribution >= 4 is 51.9 Å². The normalized spacial score (nSPS) is 15.5. The van der Waals surface area contributed by atoms with Crippen LogP contribution in [0.3, 0.4) is 0 Å². The van der Waals surface area contributed by atoms with E-state index in [-0.39, 0.29) is 0 Å². The summed E-state index contributed by atoms with van der Waals surface area (Å²) in [6.07, 6.45) is 0. The van der Waals surface area contributed by atoms with Crippen molar-refractivity contribution in [1.82, 2.24) is 14.5 Å². The van der Waals surface area contributed by atoms with Crippen molar-refractivity contribution in [2.24, 2.45) is 0 Å². The number of rotatable bonds is 3. The topological polar surface area (TPSA) is 53.2 Å². The van der Waals surface area contributed by atoms with Gasteiger partial charge in [-0.3, -0.25) is 5.10 Å². The molecule has 0 radical (unpaired) electrons. The maximum Gasteiger partial charge on any atom is 0.133 e. The Hall–Kier alpha value is -0.660. The molecule has 19 heavy (non-hydrogen) atoms. The number of aromatic amines is 1. The van der Waals surface area contributed by atoms with Gasteiger partial charge in [-0.25, -0.2) is 4.31 Å². The molecule has 0 aliphatic carbocycles. The highest BCUT2D eigenvalue weighted by Gasteiger charge is 2.22. The number of benzene rings is 1. The molecule has 1 aromatic heterocycles. The standard InChI is InChI=1S/C11H12Cl2N4OS/c1-18-3-2-17-5-6-4-7(12)8-10(9(6)16-19-17)14-15-11(8)13/h4,16H,2-3,5H2,1H3,(H,14,15). The molecule has 0 spiro atoms. The van der Waals surface area contributed by atoms with E-state index in [1.807, 2.05) is 6.07 Å². The number of fused-ring (bicyclic) bond motifs is 3. The largest absolute Gasteiger partial charge is 0.383 e. The Labute approximate surface area is 124 Å². The Bertz CT molecular complexity index is 618. The van der Waals surface area contributed by atoms with E-state index < -0.39 is 0 Å². The zero-order valence-electron chi connectivity index (χ0n) is 10.2. The van der Waals surface area contributed by atoms with Gasteiger partial charge in [0.1, 0.15) is 10.7 Å². The maximum absolute atomic E-state index is 6.27. The Morgan fingerprint density at radius 2 is 2.37 bits per heavy atom. The summed E-state index contributed by atoms with van der Waals surface area (Å²) in [6, 6.07) is 1.94. The summed E-state index contributed by atoms with van der Waals surface area (Å²) in [5, 5.41) is 8.83. The van der Waals surface area contributed by atoms with E-state index >= 15 is 0 Å². The number of methoxy groups -OCH3 is 1. The number of halogens is 2. The SMILES string of the molecule is COCCN1Cc2cc(Cl)c3c(Cl)[nH]nc3c2NS1. The summed E-state index contributed by atoms with van der Waals surface area (Å²) >= 11 is 13.9. The van der Waals surface area contributed by atoms with Crippen LogP contribution >= 0.6 is 35.3 Å². The zero-order chi connectivity index (χ0) is 13.4. The first-order valence-electron chi connectivity index (χ1n) is 5.72. The van der Waals surface area contributed by atoms with Gasteiger partial charge in [0, 0.05) is 32.3 Å². The highest BCUT2D eigenvalue weighted by molar-refractivity contribution is 7.98. The summed E-state index contributed by atoms with van der Waals surface area (Å²) in [4.78, 5) is 0. The van der Waals surface area contributed by atoms with Crippen molar-refractivity contribution in [2.45, 2.75) is 6.54 Å². The van der Waals surface area contributed by atoms with Gasteiger partial charge in [0.2, 0.25) is 0 Å². The van der Waals surface area contributed by atoms with E-state index in [1.165, 1.54) is 12.1 Å². The van der Waals surface area contributed by atoms with Crippen LogP contribution in [0.15, 0.2) is 6.07 Å². The molecule has 0 saturated carbocycles. The van der Waals surface area contributed by atoms with Crippen LogP contribution in [0.4, 0.5) is 5.69 Å². The molecule has 0 unspecified atom stereocenters. The summed E-state index contributed by atoms with van der Waals surface area (Å²) in [5.41, 5.74) is 2.86. The van der Waals surface area contributed by atoms with Crippen molar-refractivity contribution in [1.29, 1.82) is 0 Å². The van der Waals surface area contributed by atoms with Gasteiger partial charge in [-0.1, -0.05) is 23.2 Å². The van der Waals surface area contributed by atoms with Gasteiger partial charge in [0.05, 0.1) is 22.7 Å². The van der Waals surface area contributed by atoms with Crippen LogP contribution < -0.4 is 4.72 Å². The Balaban J connectivity index is 1.98. The summed E-state index contributed by atoms with van der Waals surface area (Å²) in [5.74, 6) is 0. The number of ether oxygens (including phenoxy) is 1. The average molecular weight is 319 g/mol. The zero-order valence-corrected chi connectivity index (χ0v) is 12.5. The van der Waals surface area contributed by atoms with Crippen LogP contribution in [0.25, 0.3) is 10.9 Å². The lowest BCUT2D eigenvalue weighted by Crippen LogP contribution is -2.25. The molecule has 1 aliphatic rings. The van der Waals surface area contributed by atoms with Crippen molar-refractivity contribution in [3.8, 4) is 0 Å². The molecule has 0 amide bonds. The smallest absolute Gasteiger partial charge is 0.133 e. The monoisotopic (exact) mass is 318 g/mol. The van der Waals surface area contributed by atoms with Crippen molar-refractivity contribution in [3.05, 3.63) is 21.8 Å². The predicted octanol–water partition coefficient (Wildman–Crippen LogP) is 3.31. The lowest BCUT2D eigenvalue weighted by Gasteiger charge is -2.28. The highest BCUT2D eigenvalue weighted by atomic mass is 35.5.